The summed E-state index contributed by atoms with van der Waals surface area (Å²) in [5.41, 5.74) is -5.55. The van der Waals surface area contributed by atoms with Crippen molar-refractivity contribution in [2.45, 2.75) is 25.1 Å². The highest BCUT2D eigenvalue weighted by Crippen LogP contribution is 2.42. The number of carbonyl (C=O) groups excluding carboxylic acids is 2. The van der Waals surface area contributed by atoms with Crippen LogP contribution in [0.4, 0.5) is 29.3 Å². The number of carboxylic acids is 1. The van der Waals surface area contributed by atoms with Crippen LogP contribution in [0.2, 0.25) is 0 Å². The van der Waals surface area contributed by atoms with Crippen molar-refractivity contribution in [3.8, 4) is 0 Å². The van der Waals surface area contributed by atoms with Crippen LogP contribution in [0.15, 0.2) is 23.3 Å². The third-order valence-corrected chi connectivity index (χ3v) is 4.22. The summed E-state index contributed by atoms with van der Waals surface area (Å²) < 4.78 is 39.4. The molecule has 1 fully saturated rings. The topological polar surface area (TPSA) is 133 Å². The minimum atomic E-state index is -5.10. The second-order valence-corrected chi connectivity index (χ2v) is 5.99. The number of urea groups is 1. The van der Waals surface area contributed by atoms with E-state index in [-0.39, 0.29) is 0 Å². The average Bonchev–Trinajstić information content (AvgIpc) is 3.00. The van der Waals surface area contributed by atoms with Crippen molar-refractivity contribution in [1.29, 1.82) is 0 Å². The highest BCUT2D eigenvalue weighted by molar-refractivity contribution is 6.39. The zero-order chi connectivity index (χ0) is 20.3. The summed E-state index contributed by atoms with van der Waals surface area (Å²) in [5.74, 6) is -2.43. The van der Waals surface area contributed by atoms with Gasteiger partial charge in [-0.3, -0.25) is 14.9 Å². The van der Waals surface area contributed by atoms with Gasteiger partial charge in [0.25, 0.3) is 11.6 Å². The molecule has 1 saturated heterocycles. The van der Waals surface area contributed by atoms with Crippen molar-refractivity contribution >= 4 is 35.0 Å². The molecular weight excluding hydrogens is 377 g/mol. The first-order valence-electron chi connectivity index (χ1n) is 7.23. The fourth-order valence-corrected chi connectivity index (χ4v) is 2.91. The first-order valence-corrected chi connectivity index (χ1v) is 7.23. The van der Waals surface area contributed by atoms with Crippen molar-refractivity contribution in [3.05, 3.63) is 33.9 Å². The number of benzene rings is 1. The normalized spacial score (nSPS) is 22.1. The average molecular weight is 386 g/mol. The predicted octanol–water partition coefficient (Wildman–Crippen LogP) is 1.99. The third kappa shape index (κ3) is 2.58. The van der Waals surface area contributed by atoms with Crippen LogP contribution in [0, 0.1) is 10.1 Å². The monoisotopic (exact) mass is 386 g/mol. The van der Waals surface area contributed by atoms with Gasteiger partial charge in [-0.2, -0.15) is 23.3 Å². The van der Waals surface area contributed by atoms with Gasteiger partial charge in [-0.15, -0.1) is 0 Å². The van der Waals surface area contributed by atoms with Gasteiger partial charge in [0.1, 0.15) is 11.3 Å². The van der Waals surface area contributed by atoms with E-state index in [9.17, 15) is 37.7 Å². The zero-order valence-electron chi connectivity index (χ0n) is 13.4. The van der Waals surface area contributed by atoms with Crippen molar-refractivity contribution in [2.24, 2.45) is 5.10 Å². The molecule has 0 saturated carbocycles. The molecule has 0 bridgehead atoms. The van der Waals surface area contributed by atoms with Crippen LogP contribution in [0.3, 0.4) is 0 Å². The predicted molar refractivity (Wildman–Crippen MR) is 80.9 cm³/mol. The molecule has 0 aliphatic carbocycles. The van der Waals surface area contributed by atoms with E-state index in [1.54, 1.807) is 0 Å². The smallest absolute Gasteiger partial charge is 0.423 e. The van der Waals surface area contributed by atoms with Gasteiger partial charge in [-0.05, 0) is 19.1 Å². The van der Waals surface area contributed by atoms with Crippen LogP contribution in [0.25, 0.3) is 0 Å². The molecule has 1 aromatic carbocycles. The molecule has 2 aliphatic heterocycles. The standard InChI is InChI=1S/C14H9F3N4O6/c1-13-5-8(10(22)23)18-20(13)12(25)19(11(13)24)6-2-3-9(21(26)27)7(4-6)14(15,16)17/h2-4H,5H2,1H3,(H,22,23). The number of rotatable bonds is 3. The van der Waals surface area contributed by atoms with Gasteiger partial charge in [0, 0.05) is 12.5 Å². The summed E-state index contributed by atoms with van der Waals surface area (Å²) in [4.78, 5) is 46.1. The maximum Gasteiger partial charge on any atom is 0.423 e. The second kappa shape index (κ2) is 5.49. The number of hydrogen-bond donors (Lipinski definition) is 1. The van der Waals surface area contributed by atoms with E-state index in [1.807, 2.05) is 0 Å². The fourth-order valence-electron chi connectivity index (χ4n) is 2.91. The second-order valence-electron chi connectivity index (χ2n) is 5.99. The van der Waals surface area contributed by atoms with Gasteiger partial charge in [-0.1, -0.05) is 0 Å². The number of aliphatic carboxylic acids is 1. The van der Waals surface area contributed by atoms with Crippen molar-refractivity contribution in [3.63, 3.8) is 0 Å². The summed E-state index contributed by atoms with van der Waals surface area (Å²) in [7, 11) is 0. The van der Waals surface area contributed by atoms with Gasteiger partial charge >= 0.3 is 18.2 Å². The molecule has 13 heteroatoms. The summed E-state index contributed by atoms with van der Waals surface area (Å²) in [6.45, 7) is 1.22. The molecule has 3 amide bonds. The number of fused-ring (bicyclic) bond motifs is 1. The molecular formula is C14H9F3N4O6. The Bertz CT molecular complexity index is 943. The van der Waals surface area contributed by atoms with Crippen LogP contribution in [0.5, 0.6) is 0 Å². The number of carboxylic acid groups (broad SMARTS) is 1. The lowest BCUT2D eigenvalue weighted by Gasteiger charge is -2.19. The summed E-state index contributed by atoms with van der Waals surface area (Å²) in [5, 5.41) is 23.9. The van der Waals surface area contributed by atoms with Crippen LogP contribution in [-0.4, -0.2) is 44.2 Å². The number of carbonyl (C=O) groups is 3. The van der Waals surface area contributed by atoms with Crippen LogP contribution in [-0.2, 0) is 15.8 Å². The lowest BCUT2D eigenvalue weighted by atomic mass is 9.95. The summed E-state index contributed by atoms with van der Waals surface area (Å²) in [6, 6.07) is 0.537. The minimum Gasteiger partial charge on any atom is -0.477 e. The number of alkyl halides is 3. The molecule has 2 aliphatic rings. The van der Waals surface area contributed by atoms with Crippen molar-refractivity contribution in [2.75, 3.05) is 4.90 Å². The van der Waals surface area contributed by atoms with Gasteiger partial charge in [0.2, 0.25) is 0 Å². The Balaban J connectivity index is 2.09. The molecule has 2 heterocycles. The number of amides is 3. The molecule has 1 unspecified atom stereocenters. The summed E-state index contributed by atoms with van der Waals surface area (Å²) in [6.07, 6.45) is -5.53. The maximum absolute atomic E-state index is 13.1. The van der Waals surface area contributed by atoms with Crippen molar-refractivity contribution in [1.82, 2.24) is 5.01 Å². The Labute approximate surface area is 147 Å². The van der Waals surface area contributed by atoms with E-state index in [1.165, 1.54) is 6.92 Å². The van der Waals surface area contributed by atoms with E-state index in [4.69, 9.17) is 5.11 Å². The Kier molecular flexibility index (Phi) is 3.72. The van der Waals surface area contributed by atoms with E-state index in [0.29, 0.717) is 22.0 Å². The summed E-state index contributed by atoms with van der Waals surface area (Å²) >= 11 is 0. The van der Waals surface area contributed by atoms with Crippen LogP contribution in [0.1, 0.15) is 18.9 Å². The molecule has 1 atom stereocenters. The Morgan fingerprint density at radius 3 is 2.48 bits per heavy atom. The number of anilines is 1. The van der Waals surface area contributed by atoms with Crippen molar-refractivity contribution < 1.29 is 37.6 Å². The third-order valence-electron chi connectivity index (χ3n) is 4.22. The number of hydrogen-bond acceptors (Lipinski definition) is 6. The molecule has 1 aromatic rings. The first-order chi connectivity index (χ1) is 12.4. The van der Waals surface area contributed by atoms with E-state index in [0.717, 1.165) is 6.07 Å². The van der Waals surface area contributed by atoms with Crippen LogP contribution >= 0.6 is 0 Å². The van der Waals surface area contributed by atoms with E-state index in [2.05, 4.69) is 5.10 Å². The van der Waals surface area contributed by atoms with Gasteiger partial charge in [-0.25, -0.2) is 14.5 Å². The Morgan fingerprint density at radius 1 is 1.37 bits per heavy atom. The minimum absolute atomic E-state index is 0.321. The Morgan fingerprint density at radius 2 is 2.00 bits per heavy atom. The van der Waals surface area contributed by atoms with Gasteiger partial charge in [0.15, 0.2) is 5.54 Å². The molecule has 10 nitrogen and oxygen atoms in total. The lowest BCUT2D eigenvalue weighted by molar-refractivity contribution is -0.388. The van der Waals surface area contributed by atoms with Gasteiger partial charge in [0.05, 0.1) is 10.6 Å². The molecule has 1 N–H and O–H groups in total. The first kappa shape index (κ1) is 18.3. The Hall–Kier alpha value is -3.51. The number of nitro benzene ring substituents is 1. The SMILES string of the molecule is CC12CC(C(=O)O)=NN1C(=O)N(c1ccc([N+](=O)[O-])c(C(F)(F)F)c1)C2=O. The highest BCUT2D eigenvalue weighted by Gasteiger charge is 2.60. The molecule has 0 radical (unpaired) electrons. The van der Waals surface area contributed by atoms with Gasteiger partial charge < -0.3 is 5.11 Å². The number of nitro groups is 1. The highest BCUT2D eigenvalue weighted by atomic mass is 19.4. The molecule has 0 aromatic heterocycles. The number of halogens is 3. The molecule has 142 valence electrons. The molecule has 0 spiro atoms. The number of nitrogens with zero attached hydrogens (tertiary/aromatic N) is 4. The number of hydrazone groups is 1. The van der Waals surface area contributed by atoms with E-state index >= 15 is 0 Å². The largest absolute Gasteiger partial charge is 0.477 e. The number of imide groups is 1. The zero-order valence-corrected chi connectivity index (χ0v) is 13.4. The lowest BCUT2D eigenvalue weighted by Crippen LogP contribution is -2.42. The quantitative estimate of drug-likeness (QED) is 0.480. The van der Waals surface area contributed by atoms with Crippen LogP contribution < -0.4 is 4.90 Å². The molecule has 27 heavy (non-hydrogen) atoms. The van der Waals surface area contributed by atoms with E-state index < -0.39 is 63.6 Å². The fraction of sp³-hybridized carbons (Fsp3) is 0.286. The maximum atomic E-state index is 13.1. The molecule has 3 rings (SSSR count).